The van der Waals surface area contributed by atoms with E-state index in [4.69, 9.17) is 15.2 Å². The van der Waals surface area contributed by atoms with Crippen LogP contribution in [0, 0.1) is 17.3 Å². The summed E-state index contributed by atoms with van der Waals surface area (Å²) in [4.78, 5) is 0. The van der Waals surface area contributed by atoms with Gasteiger partial charge < -0.3 is 15.2 Å². The standard InChI is InChI=1S/C17H31NO2/c1-16(2)6-3-4-14(16)15(18)13-5-9-20-17(12-13)7-10-19-11-8-17/h13-15H,3-12,18H2,1-2H3. The second kappa shape index (κ2) is 5.58. The maximum atomic E-state index is 6.73. The molecule has 3 fully saturated rings. The summed E-state index contributed by atoms with van der Waals surface area (Å²) in [6, 6.07) is 0.358. The molecule has 3 unspecified atom stereocenters. The second-order valence-electron chi connectivity index (χ2n) is 7.96. The molecule has 3 rings (SSSR count). The lowest BCUT2D eigenvalue weighted by atomic mass is 9.69. The third-order valence-corrected chi connectivity index (χ3v) is 6.28. The van der Waals surface area contributed by atoms with Crippen molar-refractivity contribution in [3.05, 3.63) is 0 Å². The number of nitrogens with two attached hydrogens (primary N) is 1. The molecule has 1 saturated carbocycles. The minimum atomic E-state index is 0.0849. The van der Waals surface area contributed by atoms with E-state index in [1.165, 1.54) is 19.3 Å². The minimum absolute atomic E-state index is 0.0849. The molecule has 2 saturated heterocycles. The first-order valence-corrected chi connectivity index (χ1v) is 8.50. The van der Waals surface area contributed by atoms with Crippen LogP contribution in [0.25, 0.3) is 0 Å². The lowest BCUT2D eigenvalue weighted by Crippen LogP contribution is -2.51. The van der Waals surface area contributed by atoms with Crippen LogP contribution < -0.4 is 5.73 Å². The van der Waals surface area contributed by atoms with Crippen molar-refractivity contribution in [1.29, 1.82) is 0 Å². The van der Waals surface area contributed by atoms with E-state index in [0.29, 0.717) is 23.3 Å². The highest BCUT2D eigenvalue weighted by Crippen LogP contribution is 2.48. The normalized spacial score (nSPS) is 38.0. The van der Waals surface area contributed by atoms with Gasteiger partial charge in [-0.15, -0.1) is 0 Å². The quantitative estimate of drug-likeness (QED) is 0.846. The SMILES string of the molecule is CC1(C)CCCC1C(N)C1CCOC2(CCOCC2)C1. The molecule has 3 aliphatic rings. The Bertz CT molecular complexity index is 330. The monoisotopic (exact) mass is 281 g/mol. The van der Waals surface area contributed by atoms with Crippen LogP contribution in [0.1, 0.15) is 58.8 Å². The first kappa shape index (κ1) is 14.8. The van der Waals surface area contributed by atoms with Crippen molar-refractivity contribution in [2.24, 2.45) is 23.0 Å². The van der Waals surface area contributed by atoms with E-state index in [9.17, 15) is 0 Å². The Morgan fingerprint density at radius 1 is 1.05 bits per heavy atom. The number of hydrogen-bond donors (Lipinski definition) is 1. The molecule has 0 aromatic rings. The average molecular weight is 281 g/mol. The highest BCUT2D eigenvalue weighted by molar-refractivity contribution is 4.98. The topological polar surface area (TPSA) is 44.5 Å². The van der Waals surface area contributed by atoms with Crippen molar-refractivity contribution >= 4 is 0 Å². The molecule has 3 heteroatoms. The van der Waals surface area contributed by atoms with Crippen LogP contribution in [0.5, 0.6) is 0 Å². The van der Waals surface area contributed by atoms with Gasteiger partial charge in [0.2, 0.25) is 0 Å². The first-order chi connectivity index (χ1) is 9.53. The van der Waals surface area contributed by atoms with Crippen molar-refractivity contribution in [3.8, 4) is 0 Å². The lowest BCUT2D eigenvalue weighted by Gasteiger charge is -2.47. The number of ether oxygens (including phenoxy) is 2. The fraction of sp³-hybridized carbons (Fsp3) is 1.00. The van der Waals surface area contributed by atoms with Crippen LogP contribution in [0.4, 0.5) is 0 Å². The van der Waals surface area contributed by atoms with Gasteiger partial charge in [0.15, 0.2) is 0 Å². The van der Waals surface area contributed by atoms with Crippen LogP contribution in [0.15, 0.2) is 0 Å². The van der Waals surface area contributed by atoms with Crippen molar-refractivity contribution in [2.45, 2.75) is 70.4 Å². The molecule has 3 nitrogen and oxygen atoms in total. The van der Waals surface area contributed by atoms with E-state index in [2.05, 4.69) is 13.8 Å². The fourth-order valence-electron chi connectivity index (χ4n) is 4.88. The molecule has 20 heavy (non-hydrogen) atoms. The van der Waals surface area contributed by atoms with E-state index >= 15 is 0 Å². The molecule has 1 aliphatic carbocycles. The molecule has 116 valence electrons. The Kier molecular flexibility index (Phi) is 4.13. The molecule has 0 amide bonds. The lowest BCUT2D eigenvalue weighted by molar-refractivity contribution is -0.151. The summed E-state index contributed by atoms with van der Waals surface area (Å²) in [5.74, 6) is 1.34. The van der Waals surface area contributed by atoms with E-state index in [1.54, 1.807) is 0 Å². The number of rotatable bonds is 2. The predicted molar refractivity (Wildman–Crippen MR) is 80.6 cm³/mol. The Morgan fingerprint density at radius 3 is 2.45 bits per heavy atom. The molecular weight excluding hydrogens is 250 g/mol. The Labute approximate surface area is 123 Å². The van der Waals surface area contributed by atoms with Gasteiger partial charge in [0.05, 0.1) is 5.60 Å². The smallest absolute Gasteiger partial charge is 0.0729 e. The highest BCUT2D eigenvalue weighted by Gasteiger charge is 2.45. The van der Waals surface area contributed by atoms with Gasteiger partial charge in [0, 0.05) is 25.9 Å². The summed E-state index contributed by atoms with van der Waals surface area (Å²) >= 11 is 0. The number of hydrogen-bond acceptors (Lipinski definition) is 3. The summed E-state index contributed by atoms with van der Waals surface area (Å²) < 4.78 is 11.7. The van der Waals surface area contributed by atoms with Crippen molar-refractivity contribution in [3.63, 3.8) is 0 Å². The Morgan fingerprint density at radius 2 is 1.80 bits per heavy atom. The molecular formula is C17H31NO2. The summed E-state index contributed by atoms with van der Waals surface area (Å²) in [6.07, 6.45) is 8.44. The van der Waals surface area contributed by atoms with Gasteiger partial charge in [-0.1, -0.05) is 20.3 Å². The van der Waals surface area contributed by atoms with Gasteiger partial charge in [0.25, 0.3) is 0 Å². The molecule has 0 aromatic carbocycles. The van der Waals surface area contributed by atoms with Gasteiger partial charge in [0.1, 0.15) is 0 Å². The van der Waals surface area contributed by atoms with Crippen LogP contribution in [0.2, 0.25) is 0 Å². The molecule has 2 aliphatic heterocycles. The van der Waals surface area contributed by atoms with Gasteiger partial charge in [-0.2, -0.15) is 0 Å². The third-order valence-electron chi connectivity index (χ3n) is 6.28. The van der Waals surface area contributed by atoms with Crippen molar-refractivity contribution in [2.75, 3.05) is 19.8 Å². The summed E-state index contributed by atoms with van der Waals surface area (Å²) in [5, 5.41) is 0. The molecule has 0 bridgehead atoms. The predicted octanol–water partition coefficient (Wildman–Crippen LogP) is 3.12. The molecule has 3 atom stereocenters. The van der Waals surface area contributed by atoms with Crippen LogP contribution in [0.3, 0.4) is 0 Å². The van der Waals surface area contributed by atoms with Gasteiger partial charge in [-0.05, 0) is 55.8 Å². The van der Waals surface area contributed by atoms with Crippen molar-refractivity contribution < 1.29 is 9.47 Å². The third kappa shape index (κ3) is 2.77. The zero-order valence-corrected chi connectivity index (χ0v) is 13.2. The zero-order chi connectivity index (χ0) is 14.2. The van der Waals surface area contributed by atoms with Crippen LogP contribution >= 0.6 is 0 Å². The first-order valence-electron chi connectivity index (χ1n) is 8.50. The Balaban J connectivity index is 1.67. The minimum Gasteiger partial charge on any atom is -0.381 e. The van der Waals surface area contributed by atoms with Crippen LogP contribution in [-0.4, -0.2) is 31.5 Å². The average Bonchev–Trinajstić information content (AvgIpc) is 2.78. The molecule has 1 spiro atoms. The second-order valence-corrected chi connectivity index (χ2v) is 7.96. The zero-order valence-electron chi connectivity index (χ0n) is 13.2. The molecule has 2 heterocycles. The maximum Gasteiger partial charge on any atom is 0.0729 e. The van der Waals surface area contributed by atoms with E-state index in [-0.39, 0.29) is 5.60 Å². The summed E-state index contributed by atoms with van der Waals surface area (Å²) in [6.45, 7) is 7.43. The van der Waals surface area contributed by atoms with Gasteiger partial charge in [-0.25, -0.2) is 0 Å². The largest absolute Gasteiger partial charge is 0.381 e. The van der Waals surface area contributed by atoms with Gasteiger partial charge >= 0.3 is 0 Å². The molecule has 0 radical (unpaired) electrons. The summed E-state index contributed by atoms with van der Waals surface area (Å²) in [7, 11) is 0. The Hall–Kier alpha value is -0.120. The molecule has 2 N–H and O–H groups in total. The van der Waals surface area contributed by atoms with E-state index < -0.39 is 0 Å². The maximum absolute atomic E-state index is 6.73. The van der Waals surface area contributed by atoms with Crippen LogP contribution in [-0.2, 0) is 9.47 Å². The van der Waals surface area contributed by atoms with Crippen molar-refractivity contribution in [1.82, 2.24) is 0 Å². The van der Waals surface area contributed by atoms with E-state index in [1.807, 2.05) is 0 Å². The summed E-state index contributed by atoms with van der Waals surface area (Å²) in [5.41, 5.74) is 7.25. The van der Waals surface area contributed by atoms with Gasteiger partial charge in [-0.3, -0.25) is 0 Å². The molecule has 0 aromatic heterocycles. The highest BCUT2D eigenvalue weighted by atomic mass is 16.5. The fourth-order valence-corrected chi connectivity index (χ4v) is 4.88. The van der Waals surface area contributed by atoms with E-state index in [0.717, 1.165) is 45.5 Å².